The van der Waals surface area contributed by atoms with E-state index in [4.69, 9.17) is 5.73 Å². The summed E-state index contributed by atoms with van der Waals surface area (Å²) in [5, 5.41) is 7.82. The fourth-order valence-corrected chi connectivity index (χ4v) is 1.76. The molecule has 5 heteroatoms. The lowest BCUT2D eigenvalue weighted by Crippen LogP contribution is -2.17. The van der Waals surface area contributed by atoms with E-state index in [1.54, 1.807) is 23.0 Å². The van der Waals surface area contributed by atoms with E-state index in [-0.39, 0.29) is 5.82 Å². The Morgan fingerprint density at radius 3 is 3.00 bits per heavy atom. The Morgan fingerprint density at radius 1 is 1.47 bits per heavy atom. The molecule has 90 valence electrons. The summed E-state index contributed by atoms with van der Waals surface area (Å²) in [7, 11) is 0. The SMILES string of the molecule is CCCn1nncc1C(N)c1cccc(F)c1. The van der Waals surface area contributed by atoms with Crippen molar-refractivity contribution in [3.63, 3.8) is 0 Å². The number of hydrogen-bond donors (Lipinski definition) is 1. The van der Waals surface area contributed by atoms with Crippen LogP contribution in [0.15, 0.2) is 30.5 Å². The third-order valence-corrected chi connectivity index (χ3v) is 2.61. The van der Waals surface area contributed by atoms with E-state index >= 15 is 0 Å². The van der Waals surface area contributed by atoms with Crippen molar-refractivity contribution in [1.82, 2.24) is 15.0 Å². The molecule has 0 amide bonds. The zero-order chi connectivity index (χ0) is 12.3. The fraction of sp³-hybridized carbons (Fsp3) is 0.333. The first-order chi connectivity index (χ1) is 8.22. The largest absolute Gasteiger partial charge is 0.319 e. The van der Waals surface area contributed by atoms with Gasteiger partial charge in [0, 0.05) is 6.54 Å². The van der Waals surface area contributed by atoms with Gasteiger partial charge in [0.15, 0.2) is 0 Å². The van der Waals surface area contributed by atoms with Gasteiger partial charge in [0.05, 0.1) is 17.9 Å². The van der Waals surface area contributed by atoms with Crippen LogP contribution in [0, 0.1) is 5.82 Å². The molecule has 0 fully saturated rings. The van der Waals surface area contributed by atoms with E-state index in [0.717, 1.165) is 24.2 Å². The maximum Gasteiger partial charge on any atom is 0.123 e. The minimum atomic E-state index is -0.396. The van der Waals surface area contributed by atoms with E-state index < -0.39 is 6.04 Å². The summed E-state index contributed by atoms with van der Waals surface area (Å²) in [4.78, 5) is 0. The van der Waals surface area contributed by atoms with Crippen LogP contribution in [0.5, 0.6) is 0 Å². The van der Waals surface area contributed by atoms with Crippen molar-refractivity contribution in [3.05, 3.63) is 47.5 Å². The van der Waals surface area contributed by atoms with Crippen LogP contribution in [-0.4, -0.2) is 15.0 Å². The summed E-state index contributed by atoms with van der Waals surface area (Å²) in [5.41, 5.74) is 7.62. The molecule has 1 aromatic carbocycles. The summed E-state index contributed by atoms with van der Waals surface area (Å²) in [6.07, 6.45) is 2.58. The van der Waals surface area contributed by atoms with Crippen LogP contribution in [-0.2, 0) is 6.54 Å². The lowest BCUT2D eigenvalue weighted by molar-refractivity contribution is 0.542. The molecule has 2 rings (SSSR count). The summed E-state index contributed by atoms with van der Waals surface area (Å²) >= 11 is 0. The van der Waals surface area contributed by atoms with Crippen LogP contribution in [0.3, 0.4) is 0 Å². The first kappa shape index (κ1) is 11.7. The number of nitrogens with two attached hydrogens (primary N) is 1. The summed E-state index contributed by atoms with van der Waals surface area (Å²) < 4.78 is 14.9. The van der Waals surface area contributed by atoms with Gasteiger partial charge in [-0.25, -0.2) is 9.07 Å². The quantitative estimate of drug-likeness (QED) is 0.878. The lowest BCUT2D eigenvalue weighted by atomic mass is 10.1. The summed E-state index contributed by atoms with van der Waals surface area (Å²) in [6.45, 7) is 2.82. The van der Waals surface area contributed by atoms with E-state index in [9.17, 15) is 4.39 Å². The molecular weight excluding hydrogens is 219 g/mol. The zero-order valence-electron chi connectivity index (χ0n) is 9.68. The van der Waals surface area contributed by atoms with Crippen LogP contribution in [0.2, 0.25) is 0 Å². The Hall–Kier alpha value is -1.75. The molecule has 17 heavy (non-hydrogen) atoms. The van der Waals surface area contributed by atoms with Crippen molar-refractivity contribution in [2.75, 3.05) is 0 Å². The predicted octanol–water partition coefficient (Wildman–Crippen LogP) is 1.88. The molecule has 1 atom stereocenters. The van der Waals surface area contributed by atoms with E-state index in [1.807, 2.05) is 0 Å². The molecule has 0 aliphatic rings. The van der Waals surface area contributed by atoms with Gasteiger partial charge < -0.3 is 5.73 Å². The number of halogens is 1. The standard InChI is InChI=1S/C12H15FN4/c1-2-6-17-11(8-15-16-17)12(14)9-4-3-5-10(13)7-9/h3-5,7-8,12H,2,6,14H2,1H3. The van der Waals surface area contributed by atoms with Crippen molar-refractivity contribution in [1.29, 1.82) is 0 Å². The van der Waals surface area contributed by atoms with Crippen LogP contribution in [0.25, 0.3) is 0 Å². The molecule has 1 aromatic heterocycles. The summed E-state index contributed by atoms with van der Waals surface area (Å²) in [5.74, 6) is -0.285. The Kier molecular flexibility index (Phi) is 3.49. The minimum Gasteiger partial charge on any atom is -0.319 e. The number of benzene rings is 1. The van der Waals surface area contributed by atoms with Crippen molar-refractivity contribution in [3.8, 4) is 0 Å². The zero-order valence-corrected chi connectivity index (χ0v) is 9.68. The second-order valence-corrected chi connectivity index (χ2v) is 3.91. The van der Waals surface area contributed by atoms with Gasteiger partial charge in [0.2, 0.25) is 0 Å². The molecule has 0 saturated heterocycles. The highest BCUT2D eigenvalue weighted by Crippen LogP contribution is 2.19. The Balaban J connectivity index is 2.30. The van der Waals surface area contributed by atoms with Gasteiger partial charge in [-0.15, -0.1) is 5.10 Å². The molecule has 1 unspecified atom stereocenters. The molecule has 4 nitrogen and oxygen atoms in total. The van der Waals surface area contributed by atoms with Gasteiger partial charge >= 0.3 is 0 Å². The molecule has 0 bridgehead atoms. The minimum absolute atomic E-state index is 0.285. The second kappa shape index (κ2) is 5.05. The first-order valence-corrected chi connectivity index (χ1v) is 5.61. The first-order valence-electron chi connectivity index (χ1n) is 5.61. The van der Waals surface area contributed by atoms with Crippen LogP contribution in [0.1, 0.15) is 30.6 Å². The van der Waals surface area contributed by atoms with Gasteiger partial charge in [-0.2, -0.15) is 0 Å². The van der Waals surface area contributed by atoms with Crippen molar-refractivity contribution in [2.24, 2.45) is 5.73 Å². The normalized spacial score (nSPS) is 12.6. The number of nitrogens with zero attached hydrogens (tertiary/aromatic N) is 3. The second-order valence-electron chi connectivity index (χ2n) is 3.91. The Bertz CT molecular complexity index is 495. The van der Waals surface area contributed by atoms with E-state index in [2.05, 4.69) is 17.2 Å². The third-order valence-electron chi connectivity index (χ3n) is 2.61. The highest BCUT2D eigenvalue weighted by molar-refractivity contribution is 5.26. The predicted molar refractivity (Wildman–Crippen MR) is 62.7 cm³/mol. The molecule has 0 aliphatic carbocycles. The van der Waals surface area contributed by atoms with Crippen LogP contribution < -0.4 is 5.73 Å². The van der Waals surface area contributed by atoms with Crippen LogP contribution >= 0.6 is 0 Å². The monoisotopic (exact) mass is 234 g/mol. The van der Waals surface area contributed by atoms with Crippen molar-refractivity contribution < 1.29 is 4.39 Å². The third kappa shape index (κ3) is 2.50. The molecule has 0 aliphatic heterocycles. The highest BCUT2D eigenvalue weighted by atomic mass is 19.1. The van der Waals surface area contributed by atoms with Crippen molar-refractivity contribution >= 4 is 0 Å². The van der Waals surface area contributed by atoms with Gasteiger partial charge in [-0.3, -0.25) is 0 Å². The Morgan fingerprint density at radius 2 is 2.29 bits per heavy atom. The maximum absolute atomic E-state index is 13.1. The Labute approximate surface area is 99.2 Å². The number of rotatable bonds is 4. The topological polar surface area (TPSA) is 56.7 Å². The van der Waals surface area contributed by atoms with Gasteiger partial charge in [0.1, 0.15) is 5.82 Å². The fourth-order valence-electron chi connectivity index (χ4n) is 1.76. The van der Waals surface area contributed by atoms with E-state index in [1.165, 1.54) is 12.1 Å². The molecule has 0 spiro atoms. The molecule has 0 saturated carbocycles. The molecule has 2 aromatic rings. The average Bonchev–Trinajstić information content (AvgIpc) is 2.77. The number of aryl methyl sites for hydroxylation is 1. The molecular formula is C12H15FN4. The summed E-state index contributed by atoms with van der Waals surface area (Å²) in [6, 6.07) is 5.90. The van der Waals surface area contributed by atoms with Crippen LogP contribution in [0.4, 0.5) is 4.39 Å². The van der Waals surface area contributed by atoms with E-state index in [0.29, 0.717) is 0 Å². The highest BCUT2D eigenvalue weighted by Gasteiger charge is 2.14. The smallest absolute Gasteiger partial charge is 0.123 e. The van der Waals surface area contributed by atoms with Gasteiger partial charge in [0.25, 0.3) is 0 Å². The van der Waals surface area contributed by atoms with Gasteiger partial charge in [-0.1, -0.05) is 24.3 Å². The molecule has 0 radical (unpaired) electrons. The number of aromatic nitrogens is 3. The van der Waals surface area contributed by atoms with Gasteiger partial charge in [-0.05, 0) is 24.1 Å². The maximum atomic E-state index is 13.1. The molecule has 2 N–H and O–H groups in total. The average molecular weight is 234 g/mol. The van der Waals surface area contributed by atoms with Crippen molar-refractivity contribution in [2.45, 2.75) is 25.9 Å². The number of hydrogen-bond acceptors (Lipinski definition) is 3. The lowest BCUT2D eigenvalue weighted by Gasteiger charge is -2.13. The molecule has 1 heterocycles.